The largest absolute Gasteiger partial charge is 0.435 e. The van der Waals surface area contributed by atoms with Crippen LogP contribution in [0.2, 0.25) is 0 Å². The van der Waals surface area contributed by atoms with Gasteiger partial charge in [0.1, 0.15) is 5.75 Å². The molecule has 104 valence electrons. The number of thiazole rings is 1. The van der Waals surface area contributed by atoms with E-state index in [1.54, 1.807) is 29.8 Å². The first-order chi connectivity index (χ1) is 9.63. The molecule has 0 aliphatic heterocycles. The maximum atomic E-state index is 12.0. The van der Waals surface area contributed by atoms with Gasteiger partial charge < -0.3 is 4.74 Å². The molecular formula is C13H10F2N2O2S. The first-order valence-corrected chi connectivity index (χ1v) is 6.45. The molecule has 1 aromatic heterocycles. The third kappa shape index (κ3) is 4.43. The third-order valence-corrected chi connectivity index (χ3v) is 2.88. The fraction of sp³-hybridized carbons (Fsp3) is 0.0769. The Balaban J connectivity index is 1.92. The average molecular weight is 296 g/mol. The molecule has 20 heavy (non-hydrogen) atoms. The summed E-state index contributed by atoms with van der Waals surface area (Å²) >= 11 is 1.32. The van der Waals surface area contributed by atoms with E-state index in [2.05, 4.69) is 15.0 Å². The Kier molecular flexibility index (Phi) is 4.78. The van der Waals surface area contributed by atoms with Gasteiger partial charge in [0, 0.05) is 17.7 Å². The molecule has 0 radical (unpaired) electrons. The molecule has 1 aromatic carbocycles. The van der Waals surface area contributed by atoms with Gasteiger partial charge >= 0.3 is 6.61 Å². The molecular weight excluding hydrogens is 286 g/mol. The Labute approximate surface area is 117 Å². The highest BCUT2D eigenvalue weighted by molar-refractivity contribution is 7.13. The van der Waals surface area contributed by atoms with Gasteiger partial charge in [-0.1, -0.05) is 12.1 Å². The first kappa shape index (κ1) is 14.1. The Bertz CT molecular complexity index is 583. The summed E-state index contributed by atoms with van der Waals surface area (Å²) in [4.78, 5) is 15.5. The highest BCUT2D eigenvalue weighted by Gasteiger charge is 2.03. The van der Waals surface area contributed by atoms with Crippen molar-refractivity contribution in [2.45, 2.75) is 6.61 Å². The maximum absolute atomic E-state index is 12.0. The van der Waals surface area contributed by atoms with E-state index in [-0.39, 0.29) is 11.7 Å². The SMILES string of the molecule is O=C(/C=C/c1ccc(OC(F)F)cc1)Nc1nccs1. The van der Waals surface area contributed by atoms with E-state index < -0.39 is 6.61 Å². The Morgan fingerprint density at radius 2 is 2.10 bits per heavy atom. The highest BCUT2D eigenvalue weighted by Crippen LogP contribution is 2.16. The summed E-state index contributed by atoms with van der Waals surface area (Å²) in [5, 5.41) is 4.85. The van der Waals surface area contributed by atoms with E-state index in [0.717, 1.165) is 0 Å². The van der Waals surface area contributed by atoms with Crippen LogP contribution >= 0.6 is 11.3 Å². The van der Waals surface area contributed by atoms with Crippen LogP contribution in [0.15, 0.2) is 41.9 Å². The second-order valence-electron chi connectivity index (χ2n) is 3.61. The summed E-state index contributed by atoms with van der Waals surface area (Å²) in [7, 11) is 0. The van der Waals surface area contributed by atoms with Crippen molar-refractivity contribution in [3.05, 3.63) is 47.5 Å². The molecule has 0 saturated carbocycles. The molecule has 0 spiro atoms. The number of carbonyl (C=O) groups excluding carboxylic acids is 1. The minimum Gasteiger partial charge on any atom is -0.435 e. The number of halogens is 2. The predicted molar refractivity (Wildman–Crippen MR) is 72.9 cm³/mol. The van der Waals surface area contributed by atoms with Gasteiger partial charge in [-0.3, -0.25) is 10.1 Å². The number of hydrogen-bond donors (Lipinski definition) is 1. The Hall–Kier alpha value is -2.28. The molecule has 0 fully saturated rings. The topological polar surface area (TPSA) is 51.2 Å². The molecule has 7 heteroatoms. The number of anilines is 1. The van der Waals surface area contributed by atoms with Crippen LogP contribution in [0.5, 0.6) is 5.75 Å². The van der Waals surface area contributed by atoms with Crippen LogP contribution < -0.4 is 10.1 Å². The molecule has 2 rings (SSSR count). The summed E-state index contributed by atoms with van der Waals surface area (Å²) < 4.78 is 28.1. The van der Waals surface area contributed by atoms with E-state index >= 15 is 0 Å². The number of amides is 1. The van der Waals surface area contributed by atoms with Crippen LogP contribution in [0.3, 0.4) is 0 Å². The third-order valence-electron chi connectivity index (χ3n) is 2.19. The van der Waals surface area contributed by atoms with Gasteiger partial charge in [-0.05, 0) is 23.8 Å². The number of aromatic nitrogens is 1. The van der Waals surface area contributed by atoms with Crippen LogP contribution in [0, 0.1) is 0 Å². The van der Waals surface area contributed by atoms with Crippen LogP contribution in [0.1, 0.15) is 5.56 Å². The normalized spacial score (nSPS) is 10.9. The van der Waals surface area contributed by atoms with Crippen molar-refractivity contribution in [2.75, 3.05) is 5.32 Å². The van der Waals surface area contributed by atoms with E-state index in [4.69, 9.17) is 0 Å². The number of hydrogen-bond acceptors (Lipinski definition) is 4. The number of alkyl halides is 2. The van der Waals surface area contributed by atoms with Crippen molar-refractivity contribution in [1.29, 1.82) is 0 Å². The maximum Gasteiger partial charge on any atom is 0.387 e. The molecule has 0 aliphatic rings. The van der Waals surface area contributed by atoms with Crippen molar-refractivity contribution in [2.24, 2.45) is 0 Å². The molecule has 0 unspecified atom stereocenters. The minimum absolute atomic E-state index is 0.0735. The second-order valence-corrected chi connectivity index (χ2v) is 4.50. The molecule has 1 N–H and O–H groups in total. The first-order valence-electron chi connectivity index (χ1n) is 5.57. The smallest absolute Gasteiger partial charge is 0.387 e. The summed E-state index contributed by atoms with van der Waals surface area (Å²) in [5.41, 5.74) is 0.695. The lowest BCUT2D eigenvalue weighted by molar-refractivity contribution is -0.111. The van der Waals surface area contributed by atoms with Crippen molar-refractivity contribution in [1.82, 2.24) is 4.98 Å². The monoisotopic (exact) mass is 296 g/mol. The summed E-state index contributed by atoms with van der Waals surface area (Å²) in [6.45, 7) is -2.85. The lowest BCUT2D eigenvalue weighted by Gasteiger charge is -2.03. The average Bonchev–Trinajstić information content (AvgIpc) is 2.90. The van der Waals surface area contributed by atoms with Gasteiger partial charge in [0.05, 0.1) is 0 Å². The van der Waals surface area contributed by atoms with E-state index in [0.29, 0.717) is 10.7 Å². The Morgan fingerprint density at radius 3 is 2.70 bits per heavy atom. The van der Waals surface area contributed by atoms with Crippen LogP contribution in [0.25, 0.3) is 6.08 Å². The zero-order valence-corrected chi connectivity index (χ0v) is 10.9. The number of ether oxygens (including phenoxy) is 1. The van der Waals surface area contributed by atoms with Crippen LogP contribution in [-0.2, 0) is 4.79 Å². The number of carbonyl (C=O) groups is 1. The fourth-order valence-corrected chi connectivity index (χ4v) is 1.90. The van der Waals surface area contributed by atoms with Gasteiger partial charge in [0.25, 0.3) is 0 Å². The number of nitrogens with zero attached hydrogens (tertiary/aromatic N) is 1. The van der Waals surface area contributed by atoms with Gasteiger partial charge in [-0.2, -0.15) is 8.78 Å². The van der Waals surface area contributed by atoms with Crippen molar-refractivity contribution in [3.63, 3.8) is 0 Å². The van der Waals surface area contributed by atoms with Crippen molar-refractivity contribution < 1.29 is 18.3 Å². The van der Waals surface area contributed by atoms with Gasteiger partial charge in [-0.25, -0.2) is 4.98 Å². The summed E-state index contributed by atoms with van der Waals surface area (Å²) in [6.07, 6.45) is 4.49. The van der Waals surface area contributed by atoms with Crippen molar-refractivity contribution >= 4 is 28.5 Å². The minimum atomic E-state index is -2.85. The highest BCUT2D eigenvalue weighted by atomic mass is 32.1. The molecule has 1 amide bonds. The molecule has 1 heterocycles. The fourth-order valence-electron chi connectivity index (χ4n) is 1.36. The molecule has 0 aliphatic carbocycles. The second kappa shape index (κ2) is 6.76. The van der Waals surface area contributed by atoms with E-state index in [1.165, 1.54) is 29.5 Å². The standard InChI is InChI=1S/C13H10F2N2O2S/c14-12(15)19-10-4-1-9(2-5-10)3-6-11(18)17-13-16-7-8-20-13/h1-8,12H,(H,16,17,18)/b6-3+. The quantitative estimate of drug-likeness (QED) is 0.860. The molecule has 0 atom stereocenters. The summed E-state index contributed by atoms with van der Waals surface area (Å²) in [5.74, 6) is -0.239. The van der Waals surface area contributed by atoms with Crippen LogP contribution in [-0.4, -0.2) is 17.5 Å². The van der Waals surface area contributed by atoms with E-state index in [1.807, 2.05) is 0 Å². The molecule has 2 aromatic rings. The van der Waals surface area contributed by atoms with Crippen LogP contribution in [0.4, 0.5) is 13.9 Å². The van der Waals surface area contributed by atoms with Gasteiger partial charge in [0.15, 0.2) is 5.13 Å². The number of nitrogens with one attached hydrogen (secondary N) is 1. The molecule has 0 bridgehead atoms. The zero-order chi connectivity index (χ0) is 14.4. The van der Waals surface area contributed by atoms with Gasteiger partial charge in [-0.15, -0.1) is 11.3 Å². The number of benzene rings is 1. The predicted octanol–water partition coefficient (Wildman–Crippen LogP) is 3.40. The zero-order valence-electron chi connectivity index (χ0n) is 10.1. The van der Waals surface area contributed by atoms with Gasteiger partial charge in [0.2, 0.25) is 5.91 Å². The molecule has 0 saturated heterocycles. The lowest BCUT2D eigenvalue weighted by atomic mass is 10.2. The summed E-state index contributed by atoms with van der Waals surface area (Å²) in [6, 6.07) is 5.96. The number of rotatable bonds is 5. The lowest BCUT2D eigenvalue weighted by Crippen LogP contribution is -2.07. The van der Waals surface area contributed by atoms with Crippen molar-refractivity contribution in [3.8, 4) is 5.75 Å². The molecule has 4 nitrogen and oxygen atoms in total. The Morgan fingerprint density at radius 1 is 1.35 bits per heavy atom. The van der Waals surface area contributed by atoms with E-state index in [9.17, 15) is 13.6 Å².